The summed E-state index contributed by atoms with van der Waals surface area (Å²) in [4.78, 5) is 29.6. The highest BCUT2D eigenvalue weighted by molar-refractivity contribution is 7.98. The molecule has 1 atom stereocenters. The quantitative estimate of drug-likeness (QED) is 0.378. The van der Waals surface area contributed by atoms with Crippen LogP contribution < -0.4 is 14.8 Å². The number of esters is 1. The van der Waals surface area contributed by atoms with Crippen molar-refractivity contribution in [3.05, 3.63) is 59.6 Å². The van der Waals surface area contributed by atoms with E-state index in [4.69, 9.17) is 18.7 Å². The number of nitrogens with zero attached hydrogens (tertiary/aromatic N) is 2. The number of hydrogen-bond acceptors (Lipinski definition) is 9. The smallest absolute Gasteiger partial charge is 0.341 e. The minimum Gasteiger partial charge on any atom is -0.497 e. The summed E-state index contributed by atoms with van der Waals surface area (Å²) in [6.45, 7) is 3.29. The van der Waals surface area contributed by atoms with Gasteiger partial charge >= 0.3 is 5.97 Å². The summed E-state index contributed by atoms with van der Waals surface area (Å²) >= 11 is 1.32. The molecule has 1 unspecified atom stereocenters. The fourth-order valence-corrected chi connectivity index (χ4v) is 3.58. The van der Waals surface area contributed by atoms with Gasteiger partial charge in [0.1, 0.15) is 22.3 Å². The monoisotopic (exact) mass is 457 g/mol. The van der Waals surface area contributed by atoms with Gasteiger partial charge in [-0.2, -0.15) is 0 Å². The lowest BCUT2D eigenvalue weighted by atomic mass is 10.2. The lowest BCUT2D eigenvalue weighted by Crippen LogP contribution is -2.30. The topological polar surface area (TPSA) is 113 Å². The predicted molar refractivity (Wildman–Crippen MR) is 118 cm³/mol. The molecule has 0 bridgehead atoms. The molecule has 0 radical (unpaired) electrons. The number of thioether (sulfide) groups is 1. The van der Waals surface area contributed by atoms with Gasteiger partial charge in [0, 0.05) is 24.1 Å². The van der Waals surface area contributed by atoms with Crippen LogP contribution in [0.5, 0.6) is 11.5 Å². The standard InChI is InChI=1S/C22H23N3O6S/c1-13-10-15(25-31-13)12-32-21-17(6-5-9-23-21)22(27)30-14(2)20(26)24-18-11-16(28-3)7-8-19(18)29-4/h5-11,14H,12H2,1-4H3,(H,24,26). The number of anilines is 1. The molecular weight excluding hydrogens is 434 g/mol. The van der Waals surface area contributed by atoms with Crippen molar-refractivity contribution in [2.75, 3.05) is 19.5 Å². The van der Waals surface area contributed by atoms with Crippen LogP contribution in [0.4, 0.5) is 5.69 Å². The van der Waals surface area contributed by atoms with E-state index in [-0.39, 0.29) is 5.56 Å². The Bertz CT molecular complexity index is 1100. The molecule has 0 aliphatic rings. The predicted octanol–water partition coefficient (Wildman–Crippen LogP) is 3.87. The van der Waals surface area contributed by atoms with E-state index >= 15 is 0 Å². The highest BCUT2D eigenvalue weighted by atomic mass is 32.2. The van der Waals surface area contributed by atoms with Crippen LogP contribution >= 0.6 is 11.8 Å². The van der Waals surface area contributed by atoms with Crippen molar-refractivity contribution >= 4 is 29.3 Å². The van der Waals surface area contributed by atoms with Crippen LogP contribution in [0.2, 0.25) is 0 Å². The molecule has 32 heavy (non-hydrogen) atoms. The molecule has 0 aliphatic carbocycles. The zero-order chi connectivity index (χ0) is 23.1. The molecule has 10 heteroatoms. The number of carbonyl (C=O) groups is 2. The minimum atomic E-state index is -1.06. The molecule has 0 spiro atoms. The Morgan fingerprint density at radius 3 is 2.69 bits per heavy atom. The lowest BCUT2D eigenvalue weighted by Gasteiger charge is -2.16. The van der Waals surface area contributed by atoms with Crippen molar-refractivity contribution in [3.63, 3.8) is 0 Å². The van der Waals surface area contributed by atoms with Gasteiger partial charge in [-0.3, -0.25) is 4.79 Å². The van der Waals surface area contributed by atoms with E-state index in [1.54, 1.807) is 43.5 Å². The number of amides is 1. The summed E-state index contributed by atoms with van der Waals surface area (Å²) in [7, 11) is 3.01. The van der Waals surface area contributed by atoms with Gasteiger partial charge in [-0.25, -0.2) is 9.78 Å². The van der Waals surface area contributed by atoms with E-state index in [0.29, 0.717) is 33.7 Å². The summed E-state index contributed by atoms with van der Waals surface area (Å²) in [5, 5.41) is 7.10. The molecule has 0 saturated heterocycles. The Morgan fingerprint density at radius 2 is 2.00 bits per heavy atom. The van der Waals surface area contributed by atoms with Crippen molar-refractivity contribution in [1.82, 2.24) is 10.1 Å². The van der Waals surface area contributed by atoms with Crippen LogP contribution in [-0.4, -0.2) is 42.3 Å². The van der Waals surface area contributed by atoms with Crippen LogP contribution in [0.25, 0.3) is 0 Å². The fourth-order valence-electron chi connectivity index (χ4n) is 2.71. The number of hydrogen-bond donors (Lipinski definition) is 1. The van der Waals surface area contributed by atoms with E-state index in [0.717, 1.165) is 5.69 Å². The van der Waals surface area contributed by atoms with Crippen molar-refractivity contribution in [3.8, 4) is 11.5 Å². The molecule has 3 aromatic rings. The van der Waals surface area contributed by atoms with Crippen LogP contribution in [0.3, 0.4) is 0 Å². The Kier molecular flexibility index (Phi) is 7.72. The number of aromatic nitrogens is 2. The molecule has 168 valence electrons. The van der Waals surface area contributed by atoms with E-state index in [2.05, 4.69) is 15.5 Å². The van der Waals surface area contributed by atoms with Crippen molar-refractivity contribution in [2.24, 2.45) is 0 Å². The SMILES string of the molecule is COc1ccc(OC)c(NC(=O)C(C)OC(=O)c2cccnc2SCc2cc(C)on2)c1. The molecule has 2 heterocycles. The molecule has 2 aromatic heterocycles. The number of methoxy groups -OCH3 is 2. The van der Waals surface area contributed by atoms with Gasteiger partial charge in [0.2, 0.25) is 0 Å². The Morgan fingerprint density at radius 1 is 1.19 bits per heavy atom. The first-order chi connectivity index (χ1) is 15.4. The average molecular weight is 458 g/mol. The largest absolute Gasteiger partial charge is 0.497 e. The second-order valence-electron chi connectivity index (χ2n) is 6.68. The second kappa shape index (κ2) is 10.7. The molecule has 1 amide bonds. The Hall–Kier alpha value is -3.53. The van der Waals surface area contributed by atoms with Gasteiger partial charge in [0.25, 0.3) is 5.91 Å². The number of carbonyl (C=O) groups excluding carboxylic acids is 2. The Labute approximate surface area is 189 Å². The van der Waals surface area contributed by atoms with E-state index in [9.17, 15) is 9.59 Å². The van der Waals surface area contributed by atoms with Gasteiger partial charge in [-0.05, 0) is 38.1 Å². The number of pyridine rings is 1. The zero-order valence-electron chi connectivity index (χ0n) is 18.1. The van der Waals surface area contributed by atoms with Gasteiger partial charge < -0.3 is 24.1 Å². The highest BCUT2D eigenvalue weighted by Crippen LogP contribution is 2.29. The molecule has 1 N–H and O–H groups in total. The molecular formula is C22H23N3O6S. The highest BCUT2D eigenvalue weighted by Gasteiger charge is 2.23. The summed E-state index contributed by atoms with van der Waals surface area (Å²) in [5.41, 5.74) is 1.40. The zero-order valence-corrected chi connectivity index (χ0v) is 18.9. The third-order valence-electron chi connectivity index (χ3n) is 4.34. The van der Waals surface area contributed by atoms with Crippen molar-refractivity contribution in [2.45, 2.75) is 30.7 Å². The van der Waals surface area contributed by atoms with Crippen molar-refractivity contribution in [1.29, 1.82) is 0 Å². The number of rotatable bonds is 9. The maximum Gasteiger partial charge on any atom is 0.341 e. The number of benzene rings is 1. The first-order valence-electron chi connectivity index (χ1n) is 9.65. The molecule has 0 fully saturated rings. The van der Waals surface area contributed by atoms with Crippen LogP contribution in [-0.2, 0) is 15.3 Å². The lowest BCUT2D eigenvalue weighted by molar-refractivity contribution is -0.123. The molecule has 0 aliphatic heterocycles. The molecule has 1 aromatic carbocycles. The van der Waals surface area contributed by atoms with E-state index in [1.165, 1.54) is 32.9 Å². The summed E-state index contributed by atoms with van der Waals surface area (Å²) < 4.78 is 20.9. The summed E-state index contributed by atoms with van der Waals surface area (Å²) in [6, 6.07) is 10.0. The van der Waals surface area contributed by atoms with E-state index < -0.39 is 18.0 Å². The summed E-state index contributed by atoms with van der Waals surface area (Å²) in [6.07, 6.45) is 0.521. The fraction of sp³-hybridized carbons (Fsp3) is 0.273. The summed E-state index contributed by atoms with van der Waals surface area (Å²) in [5.74, 6) is 1.00. The van der Waals surface area contributed by atoms with Gasteiger partial charge in [-0.15, -0.1) is 0 Å². The number of ether oxygens (including phenoxy) is 3. The van der Waals surface area contributed by atoms with Crippen LogP contribution in [0, 0.1) is 6.92 Å². The third-order valence-corrected chi connectivity index (χ3v) is 5.38. The maximum atomic E-state index is 12.7. The van der Waals surface area contributed by atoms with Crippen LogP contribution in [0.15, 0.2) is 52.1 Å². The number of aryl methyl sites for hydroxylation is 1. The van der Waals surface area contributed by atoms with Gasteiger partial charge in [0.05, 0.1) is 31.2 Å². The Balaban J connectivity index is 1.66. The third kappa shape index (κ3) is 5.79. The maximum absolute atomic E-state index is 12.7. The second-order valence-corrected chi connectivity index (χ2v) is 7.64. The van der Waals surface area contributed by atoms with Gasteiger partial charge in [0.15, 0.2) is 6.10 Å². The normalized spacial score (nSPS) is 11.5. The van der Waals surface area contributed by atoms with Crippen molar-refractivity contribution < 1.29 is 28.3 Å². The van der Waals surface area contributed by atoms with E-state index in [1.807, 2.05) is 6.07 Å². The number of nitrogens with one attached hydrogen (secondary N) is 1. The minimum absolute atomic E-state index is 0.260. The first-order valence-corrected chi connectivity index (χ1v) is 10.6. The van der Waals surface area contributed by atoms with Gasteiger partial charge in [-0.1, -0.05) is 16.9 Å². The first kappa shape index (κ1) is 23.1. The van der Waals surface area contributed by atoms with Crippen LogP contribution in [0.1, 0.15) is 28.7 Å². The molecule has 9 nitrogen and oxygen atoms in total. The molecule has 3 rings (SSSR count). The molecule has 0 saturated carbocycles. The average Bonchev–Trinajstić information content (AvgIpc) is 3.22.